The van der Waals surface area contributed by atoms with Gasteiger partial charge in [0.2, 0.25) is 11.4 Å². The molecule has 3 N–H and O–H groups in total. The number of aromatic nitrogens is 1. The first-order valence-corrected chi connectivity index (χ1v) is 10.0. The van der Waals surface area contributed by atoms with Crippen molar-refractivity contribution in [1.29, 1.82) is 0 Å². The van der Waals surface area contributed by atoms with Crippen molar-refractivity contribution in [2.75, 3.05) is 33.1 Å². The Morgan fingerprint density at radius 1 is 1.40 bits per heavy atom. The molecule has 2 aliphatic rings. The number of rotatable bonds is 4. The monoisotopic (exact) mass is 431 g/mol. The lowest BCUT2D eigenvalue weighted by atomic mass is 9.79. The van der Waals surface area contributed by atoms with Gasteiger partial charge in [-0.15, -0.1) is 0 Å². The maximum atomic E-state index is 13.8. The smallest absolute Gasteiger partial charge is 0.296 e. The van der Waals surface area contributed by atoms with Gasteiger partial charge < -0.3 is 20.5 Å². The van der Waals surface area contributed by atoms with Crippen molar-refractivity contribution < 1.29 is 23.9 Å². The molecule has 3 heterocycles. The summed E-state index contributed by atoms with van der Waals surface area (Å²) in [7, 11) is 4.85. The van der Waals surface area contributed by atoms with E-state index in [-0.39, 0.29) is 35.1 Å². The summed E-state index contributed by atoms with van der Waals surface area (Å²) in [5.41, 5.74) is 0.342. The van der Waals surface area contributed by atoms with Crippen LogP contribution in [0.3, 0.4) is 0 Å². The summed E-state index contributed by atoms with van der Waals surface area (Å²) in [4.78, 5) is 31.0. The Hall–Kier alpha value is -2.68. The number of carbonyl (C=O) groups excluding carboxylic acids is 2. The van der Waals surface area contributed by atoms with Crippen LogP contribution >= 0.6 is 11.6 Å². The number of likely N-dealkylation sites (tertiary alicyclic amines) is 1. The number of likely N-dealkylation sites (N-methyl/N-ethyl adjacent to an activating group) is 2. The molecule has 4 rings (SSSR count). The van der Waals surface area contributed by atoms with Gasteiger partial charge in [0.15, 0.2) is 6.04 Å². The van der Waals surface area contributed by atoms with Gasteiger partial charge in [-0.2, -0.15) is 0 Å². The maximum Gasteiger partial charge on any atom is 0.296 e. The molecule has 2 unspecified atom stereocenters. The van der Waals surface area contributed by atoms with Gasteiger partial charge in [-0.3, -0.25) is 14.1 Å². The second-order valence-electron chi connectivity index (χ2n) is 7.88. The quantitative estimate of drug-likeness (QED) is 0.633. The minimum absolute atomic E-state index is 0.0743. The summed E-state index contributed by atoms with van der Waals surface area (Å²) in [6, 6.07) is 8.00. The number of hydrogen-bond acceptors (Lipinski definition) is 5. The second-order valence-corrected chi connectivity index (χ2v) is 8.32. The number of carbonyl (C=O) groups is 2. The SMILES string of the molecule is CNC(=O)[C@@H]1C[C@@H](O)C[N+]1(C)C1(c2cccnc2OC)C(=O)Nc2ccc(Cl)cc21. The lowest BCUT2D eigenvalue weighted by Crippen LogP contribution is -2.68. The molecular formula is C21H24ClN4O4+. The van der Waals surface area contributed by atoms with Gasteiger partial charge in [0.1, 0.15) is 12.6 Å². The lowest BCUT2D eigenvalue weighted by Gasteiger charge is -2.48. The standard InChI is InChI=1S/C21H23ClN4O4/c1-23-18(28)17-10-13(27)11-26(17,2)21(14-5-4-8-24-19(14)30-3)15-9-12(22)6-7-16(15)25-20(21)29/h4-9,13,17,27H,10-11H2,1-3H3,(H-,23,25,28,29)/p+1/t13-,17+,21?,26?/m1/s1. The van der Waals surface area contributed by atoms with Crippen molar-refractivity contribution in [2.45, 2.75) is 24.1 Å². The minimum Gasteiger partial charge on any atom is -0.481 e. The van der Waals surface area contributed by atoms with Crippen LogP contribution in [0.4, 0.5) is 5.69 Å². The molecule has 2 amide bonds. The molecule has 4 atom stereocenters. The topological polar surface area (TPSA) is 101 Å². The van der Waals surface area contributed by atoms with Crippen molar-refractivity contribution in [3.63, 3.8) is 0 Å². The predicted molar refractivity (Wildman–Crippen MR) is 111 cm³/mol. The van der Waals surface area contributed by atoms with Crippen molar-refractivity contribution in [3.05, 3.63) is 52.7 Å². The first kappa shape index (κ1) is 20.6. The minimum atomic E-state index is -1.39. The molecule has 1 saturated heterocycles. The Bertz CT molecular complexity index is 1030. The number of amides is 2. The molecule has 8 nitrogen and oxygen atoms in total. The number of benzene rings is 1. The molecule has 158 valence electrons. The number of anilines is 1. The van der Waals surface area contributed by atoms with Crippen molar-refractivity contribution in [3.8, 4) is 5.88 Å². The number of hydrogen-bond donors (Lipinski definition) is 3. The number of methoxy groups -OCH3 is 1. The Labute approximate surface area is 179 Å². The van der Waals surface area contributed by atoms with Gasteiger partial charge in [0.05, 0.1) is 31.0 Å². The summed E-state index contributed by atoms with van der Waals surface area (Å²) < 4.78 is 5.46. The van der Waals surface area contributed by atoms with E-state index >= 15 is 0 Å². The summed E-state index contributed by atoms with van der Waals surface area (Å²) in [6.07, 6.45) is 1.05. The van der Waals surface area contributed by atoms with Gasteiger partial charge in [0, 0.05) is 24.7 Å². The lowest BCUT2D eigenvalue weighted by molar-refractivity contribution is -0.953. The Kier molecular flexibility index (Phi) is 4.96. The maximum absolute atomic E-state index is 13.8. The highest BCUT2D eigenvalue weighted by atomic mass is 35.5. The molecule has 2 aromatic rings. The number of quaternary nitrogens is 1. The molecule has 1 aromatic carbocycles. The number of fused-ring (bicyclic) bond motifs is 1. The fourth-order valence-corrected chi connectivity index (χ4v) is 5.34. The normalized spacial score (nSPS) is 30.0. The summed E-state index contributed by atoms with van der Waals surface area (Å²) in [5, 5.41) is 16.7. The summed E-state index contributed by atoms with van der Waals surface area (Å²) >= 11 is 6.34. The average Bonchev–Trinajstić information content (AvgIpc) is 3.20. The molecule has 1 fully saturated rings. The third-order valence-corrected chi connectivity index (χ3v) is 6.63. The van der Waals surface area contributed by atoms with Crippen LogP contribution in [0.15, 0.2) is 36.5 Å². The van der Waals surface area contributed by atoms with E-state index in [9.17, 15) is 14.7 Å². The van der Waals surface area contributed by atoms with E-state index in [0.717, 1.165) is 0 Å². The van der Waals surface area contributed by atoms with E-state index in [4.69, 9.17) is 16.3 Å². The molecule has 0 bridgehead atoms. The second kappa shape index (κ2) is 7.23. The number of pyridine rings is 1. The van der Waals surface area contributed by atoms with Gasteiger partial charge >= 0.3 is 0 Å². The van der Waals surface area contributed by atoms with E-state index in [1.165, 1.54) is 7.11 Å². The van der Waals surface area contributed by atoms with Gasteiger partial charge in [0.25, 0.3) is 11.8 Å². The highest BCUT2D eigenvalue weighted by Crippen LogP contribution is 2.54. The highest BCUT2D eigenvalue weighted by molar-refractivity contribution is 6.31. The fourth-order valence-electron chi connectivity index (χ4n) is 5.17. The molecular weight excluding hydrogens is 408 g/mol. The van der Waals surface area contributed by atoms with Gasteiger partial charge in [-0.05, 0) is 30.3 Å². The fraction of sp³-hybridized carbons (Fsp3) is 0.381. The molecule has 0 saturated carbocycles. The van der Waals surface area contributed by atoms with Crippen LogP contribution in [0.25, 0.3) is 0 Å². The van der Waals surface area contributed by atoms with E-state index in [1.807, 2.05) is 7.05 Å². The number of nitrogens with one attached hydrogen (secondary N) is 2. The Morgan fingerprint density at radius 2 is 2.17 bits per heavy atom. The van der Waals surface area contributed by atoms with Crippen LogP contribution in [0.2, 0.25) is 5.02 Å². The van der Waals surface area contributed by atoms with Crippen LogP contribution in [0.5, 0.6) is 5.88 Å². The largest absolute Gasteiger partial charge is 0.481 e. The van der Waals surface area contributed by atoms with E-state index in [2.05, 4.69) is 15.6 Å². The van der Waals surface area contributed by atoms with Crippen LogP contribution in [0, 0.1) is 0 Å². The molecule has 30 heavy (non-hydrogen) atoms. The van der Waals surface area contributed by atoms with Gasteiger partial charge in [-0.1, -0.05) is 11.6 Å². The number of aliphatic hydroxyl groups is 1. The molecule has 1 aromatic heterocycles. The van der Waals surface area contributed by atoms with E-state index < -0.39 is 17.7 Å². The van der Waals surface area contributed by atoms with Crippen molar-refractivity contribution in [1.82, 2.24) is 10.3 Å². The third kappa shape index (κ3) is 2.64. The van der Waals surface area contributed by atoms with E-state index in [1.54, 1.807) is 43.6 Å². The zero-order valence-corrected chi connectivity index (χ0v) is 17.7. The third-order valence-electron chi connectivity index (χ3n) is 6.39. The van der Waals surface area contributed by atoms with E-state index in [0.29, 0.717) is 21.8 Å². The first-order valence-electron chi connectivity index (χ1n) is 9.65. The van der Waals surface area contributed by atoms with Gasteiger partial charge in [-0.25, -0.2) is 4.98 Å². The number of nitrogens with zero attached hydrogens (tertiary/aromatic N) is 2. The van der Waals surface area contributed by atoms with Crippen molar-refractivity contribution >= 4 is 29.1 Å². The average molecular weight is 432 g/mol. The van der Waals surface area contributed by atoms with Crippen LogP contribution in [0.1, 0.15) is 17.5 Å². The molecule has 0 radical (unpaired) electrons. The Balaban J connectivity index is 2.11. The zero-order chi connectivity index (χ0) is 21.7. The summed E-state index contributed by atoms with van der Waals surface area (Å²) in [5.74, 6) is -0.298. The van der Waals surface area contributed by atoms with Crippen LogP contribution in [-0.2, 0) is 15.1 Å². The molecule has 0 spiro atoms. The first-order chi connectivity index (χ1) is 14.3. The highest BCUT2D eigenvalue weighted by Gasteiger charge is 2.69. The van der Waals surface area contributed by atoms with Crippen molar-refractivity contribution in [2.24, 2.45) is 0 Å². The Morgan fingerprint density at radius 3 is 2.87 bits per heavy atom. The summed E-state index contributed by atoms with van der Waals surface area (Å²) in [6.45, 7) is 0.190. The zero-order valence-electron chi connectivity index (χ0n) is 17.0. The molecule has 2 aliphatic heterocycles. The molecule has 0 aliphatic carbocycles. The number of ether oxygens (including phenoxy) is 1. The predicted octanol–water partition coefficient (Wildman–Crippen LogP) is 1.27. The van der Waals surface area contributed by atoms with Crippen LogP contribution in [-0.4, -0.2) is 66.3 Å². The molecule has 9 heteroatoms. The number of halogens is 1. The van der Waals surface area contributed by atoms with Crippen LogP contribution < -0.4 is 15.4 Å². The number of aliphatic hydroxyl groups excluding tert-OH is 1.